The largest absolute Gasteiger partial charge is 0.348 e. The van der Waals surface area contributed by atoms with E-state index in [2.05, 4.69) is 52.5 Å². The fraction of sp³-hybridized carbons (Fsp3) is 0.346. The minimum absolute atomic E-state index is 0.00346. The van der Waals surface area contributed by atoms with E-state index in [9.17, 15) is 9.59 Å². The van der Waals surface area contributed by atoms with Gasteiger partial charge in [-0.2, -0.15) is 0 Å². The van der Waals surface area contributed by atoms with E-state index in [4.69, 9.17) is 0 Å². The molecule has 2 aromatic carbocycles. The van der Waals surface area contributed by atoms with Crippen LogP contribution >= 0.6 is 11.3 Å². The first kappa shape index (κ1) is 23.1. The van der Waals surface area contributed by atoms with Crippen molar-refractivity contribution in [3.63, 3.8) is 0 Å². The van der Waals surface area contributed by atoms with E-state index in [1.54, 1.807) is 18.3 Å². The lowest BCUT2D eigenvalue weighted by Crippen LogP contribution is -2.51. The molecule has 1 N–H and O–H groups in total. The molecular weight excluding hydrogens is 432 g/mol. The van der Waals surface area contributed by atoms with Gasteiger partial charge in [-0.3, -0.25) is 19.5 Å². The zero-order chi connectivity index (χ0) is 23.4. The van der Waals surface area contributed by atoms with Crippen LogP contribution in [0.1, 0.15) is 29.8 Å². The third-order valence-electron chi connectivity index (χ3n) is 6.02. The summed E-state index contributed by atoms with van der Waals surface area (Å²) in [5.41, 5.74) is 6.74. The van der Waals surface area contributed by atoms with Crippen LogP contribution in [0.2, 0.25) is 0 Å². The van der Waals surface area contributed by atoms with Crippen molar-refractivity contribution in [2.75, 3.05) is 32.7 Å². The highest BCUT2D eigenvalue weighted by Crippen LogP contribution is 2.30. The molecule has 3 aromatic rings. The molecule has 0 saturated carbocycles. The zero-order valence-electron chi connectivity index (χ0n) is 19.4. The Kier molecular flexibility index (Phi) is 7.20. The summed E-state index contributed by atoms with van der Waals surface area (Å²) in [6.45, 7) is 9.62. The number of carbonyl (C=O) groups is 2. The van der Waals surface area contributed by atoms with Gasteiger partial charge in [-0.15, -0.1) is 11.3 Å². The molecule has 6 nitrogen and oxygen atoms in total. The second kappa shape index (κ2) is 10.3. The first-order valence-corrected chi connectivity index (χ1v) is 12.2. The summed E-state index contributed by atoms with van der Waals surface area (Å²) in [6.07, 6.45) is 1.84. The molecule has 0 spiro atoms. The molecule has 33 heavy (non-hydrogen) atoms. The standard InChI is InChI=1S/C26H30N4O2S/c1-18-4-6-21(7-5-18)22-12-23(25-15-27-17-33-25)14-24(13-22)26(32)28-19(2)16-29-8-10-30(11-9-29)20(3)31/h4-7,12-15,17,19H,8-11,16H2,1-3H3,(H,28,32)/t19-/m1/s1. The molecule has 1 aromatic heterocycles. The normalized spacial score (nSPS) is 15.3. The van der Waals surface area contributed by atoms with Crippen molar-refractivity contribution in [2.45, 2.75) is 26.8 Å². The lowest BCUT2D eigenvalue weighted by atomic mass is 9.98. The Bertz CT molecular complexity index is 1100. The van der Waals surface area contributed by atoms with Gasteiger partial charge in [0.15, 0.2) is 0 Å². The Morgan fingerprint density at radius 1 is 1.03 bits per heavy atom. The van der Waals surface area contributed by atoms with Crippen LogP contribution in [0.25, 0.3) is 21.6 Å². The fourth-order valence-electron chi connectivity index (χ4n) is 4.16. The molecule has 0 radical (unpaired) electrons. The number of carbonyl (C=O) groups excluding carboxylic acids is 2. The maximum atomic E-state index is 13.2. The Labute approximate surface area is 199 Å². The zero-order valence-corrected chi connectivity index (χ0v) is 20.2. The summed E-state index contributed by atoms with van der Waals surface area (Å²) in [7, 11) is 0. The molecule has 0 bridgehead atoms. The molecule has 2 heterocycles. The van der Waals surface area contributed by atoms with Crippen molar-refractivity contribution in [1.29, 1.82) is 0 Å². The van der Waals surface area contributed by atoms with Crippen LogP contribution in [0, 0.1) is 6.92 Å². The van der Waals surface area contributed by atoms with Crippen LogP contribution in [0.3, 0.4) is 0 Å². The highest BCUT2D eigenvalue weighted by molar-refractivity contribution is 7.13. The Balaban J connectivity index is 1.49. The van der Waals surface area contributed by atoms with Crippen LogP contribution in [0.4, 0.5) is 0 Å². The molecular formula is C26H30N4O2S. The maximum absolute atomic E-state index is 13.2. The molecule has 172 valence electrons. The van der Waals surface area contributed by atoms with Crippen molar-refractivity contribution < 1.29 is 9.59 Å². The molecule has 1 saturated heterocycles. The van der Waals surface area contributed by atoms with Gasteiger partial charge < -0.3 is 10.2 Å². The van der Waals surface area contributed by atoms with Crippen LogP contribution < -0.4 is 5.32 Å². The molecule has 4 rings (SSSR count). The number of amides is 2. The first-order valence-electron chi connectivity index (χ1n) is 11.3. The highest BCUT2D eigenvalue weighted by Gasteiger charge is 2.21. The van der Waals surface area contributed by atoms with Gasteiger partial charge in [-0.1, -0.05) is 29.8 Å². The minimum Gasteiger partial charge on any atom is -0.348 e. The number of rotatable bonds is 6. The fourth-order valence-corrected chi connectivity index (χ4v) is 4.77. The number of hydrogen-bond donors (Lipinski definition) is 1. The van der Waals surface area contributed by atoms with E-state index in [-0.39, 0.29) is 17.9 Å². The second-order valence-electron chi connectivity index (χ2n) is 8.71. The Hall–Kier alpha value is -3.03. The van der Waals surface area contributed by atoms with Crippen molar-refractivity contribution in [3.8, 4) is 21.6 Å². The maximum Gasteiger partial charge on any atom is 0.251 e. The van der Waals surface area contributed by atoms with Crippen molar-refractivity contribution in [1.82, 2.24) is 20.1 Å². The first-order chi connectivity index (χ1) is 15.9. The van der Waals surface area contributed by atoms with E-state index < -0.39 is 0 Å². The lowest BCUT2D eigenvalue weighted by molar-refractivity contribution is -0.130. The van der Waals surface area contributed by atoms with Gasteiger partial charge in [-0.05, 0) is 48.7 Å². The average Bonchev–Trinajstić information content (AvgIpc) is 3.34. The van der Waals surface area contributed by atoms with Crippen molar-refractivity contribution >= 4 is 23.2 Å². The van der Waals surface area contributed by atoms with E-state index in [0.717, 1.165) is 54.3 Å². The number of nitrogens with zero attached hydrogens (tertiary/aromatic N) is 3. The molecule has 1 aliphatic rings. The topological polar surface area (TPSA) is 65.5 Å². The molecule has 1 aliphatic heterocycles. The highest BCUT2D eigenvalue weighted by atomic mass is 32.1. The van der Waals surface area contributed by atoms with Gasteiger partial charge in [0, 0.05) is 57.4 Å². The monoisotopic (exact) mass is 462 g/mol. The summed E-state index contributed by atoms with van der Waals surface area (Å²) in [5, 5.41) is 3.16. The van der Waals surface area contributed by atoms with Gasteiger partial charge in [0.05, 0.1) is 10.4 Å². The predicted octanol–water partition coefficient (Wildman–Crippen LogP) is 4.07. The van der Waals surface area contributed by atoms with Crippen LogP contribution in [-0.2, 0) is 4.79 Å². The van der Waals surface area contributed by atoms with Gasteiger partial charge in [-0.25, -0.2) is 0 Å². The third kappa shape index (κ3) is 5.86. The number of thiazole rings is 1. The Morgan fingerprint density at radius 2 is 1.73 bits per heavy atom. The number of hydrogen-bond acceptors (Lipinski definition) is 5. The molecule has 2 amide bonds. The van der Waals surface area contributed by atoms with Gasteiger partial charge >= 0.3 is 0 Å². The van der Waals surface area contributed by atoms with E-state index in [1.807, 2.05) is 35.7 Å². The number of piperazine rings is 1. The summed E-state index contributed by atoms with van der Waals surface area (Å²) in [5.74, 6) is 0.0470. The predicted molar refractivity (Wildman–Crippen MR) is 133 cm³/mol. The quantitative estimate of drug-likeness (QED) is 0.600. The average molecular weight is 463 g/mol. The minimum atomic E-state index is -0.0791. The van der Waals surface area contributed by atoms with Gasteiger partial charge in [0.1, 0.15) is 0 Å². The molecule has 1 atom stereocenters. The lowest BCUT2D eigenvalue weighted by Gasteiger charge is -2.35. The summed E-state index contributed by atoms with van der Waals surface area (Å²) in [4.78, 5) is 34.2. The third-order valence-corrected chi connectivity index (χ3v) is 6.85. The van der Waals surface area contributed by atoms with E-state index in [1.165, 1.54) is 5.56 Å². The molecule has 1 fully saturated rings. The van der Waals surface area contributed by atoms with E-state index in [0.29, 0.717) is 5.56 Å². The number of benzene rings is 2. The van der Waals surface area contributed by atoms with Gasteiger partial charge in [0.2, 0.25) is 5.91 Å². The SMILES string of the molecule is CC(=O)N1CCN(C[C@@H](C)NC(=O)c2cc(-c3ccc(C)cc3)cc(-c3cncs3)c2)CC1. The number of aryl methyl sites for hydroxylation is 1. The summed E-state index contributed by atoms with van der Waals surface area (Å²) < 4.78 is 0. The molecule has 0 unspecified atom stereocenters. The van der Waals surface area contributed by atoms with E-state index >= 15 is 0 Å². The summed E-state index contributed by atoms with van der Waals surface area (Å²) in [6, 6.07) is 14.4. The number of aromatic nitrogens is 1. The van der Waals surface area contributed by atoms with Crippen molar-refractivity contribution in [2.24, 2.45) is 0 Å². The Morgan fingerprint density at radius 3 is 2.36 bits per heavy atom. The summed E-state index contributed by atoms with van der Waals surface area (Å²) >= 11 is 1.56. The number of nitrogens with one attached hydrogen (secondary N) is 1. The second-order valence-corrected chi connectivity index (χ2v) is 9.60. The van der Waals surface area contributed by atoms with Crippen LogP contribution in [0.5, 0.6) is 0 Å². The van der Waals surface area contributed by atoms with Crippen LogP contribution in [0.15, 0.2) is 54.2 Å². The van der Waals surface area contributed by atoms with Crippen LogP contribution in [-0.4, -0.2) is 65.4 Å². The molecule has 0 aliphatic carbocycles. The molecule has 7 heteroatoms. The smallest absolute Gasteiger partial charge is 0.251 e. The van der Waals surface area contributed by atoms with Crippen molar-refractivity contribution in [3.05, 3.63) is 65.3 Å². The van der Waals surface area contributed by atoms with Gasteiger partial charge in [0.25, 0.3) is 5.91 Å².